The van der Waals surface area contributed by atoms with Crippen LogP contribution >= 0.6 is 15.9 Å². The maximum atomic E-state index is 12.3. The molecule has 0 saturated heterocycles. The average Bonchev–Trinajstić information content (AvgIpc) is 2.88. The van der Waals surface area contributed by atoms with Gasteiger partial charge in [-0.25, -0.2) is 0 Å². The first-order valence-electron chi connectivity index (χ1n) is 6.61. The van der Waals surface area contributed by atoms with E-state index in [1.54, 1.807) is 7.11 Å². The minimum atomic E-state index is 0.105. The first-order chi connectivity index (χ1) is 9.20. The van der Waals surface area contributed by atoms with E-state index in [4.69, 9.17) is 9.47 Å². The van der Waals surface area contributed by atoms with E-state index < -0.39 is 0 Å². The number of Topliss-reactive ketones (excluding diaryl/α,β-unsaturated/α-hetero) is 1. The molecule has 0 aromatic heterocycles. The van der Waals surface area contributed by atoms with E-state index in [2.05, 4.69) is 15.9 Å². The molecule has 19 heavy (non-hydrogen) atoms. The standard InChI is InChI=1S/C15H19BrO3/c1-18-8-9-19-14-7-4-12(10-14)15(17)11-2-5-13(16)6-3-11/h2-3,5-6,12,14H,4,7-10H2,1H3. The van der Waals surface area contributed by atoms with Crippen LogP contribution in [0.3, 0.4) is 0 Å². The smallest absolute Gasteiger partial charge is 0.166 e. The Hall–Kier alpha value is -0.710. The van der Waals surface area contributed by atoms with Crippen molar-refractivity contribution in [3.05, 3.63) is 34.3 Å². The lowest BCUT2D eigenvalue weighted by Crippen LogP contribution is -2.16. The number of halogens is 1. The molecule has 0 bridgehead atoms. The Morgan fingerprint density at radius 1 is 1.26 bits per heavy atom. The molecule has 2 atom stereocenters. The van der Waals surface area contributed by atoms with Crippen molar-refractivity contribution in [3.63, 3.8) is 0 Å². The normalized spacial score (nSPS) is 22.6. The first-order valence-corrected chi connectivity index (χ1v) is 7.40. The number of benzene rings is 1. The highest BCUT2D eigenvalue weighted by Crippen LogP contribution is 2.30. The third-order valence-corrected chi connectivity index (χ3v) is 4.05. The van der Waals surface area contributed by atoms with Crippen molar-refractivity contribution >= 4 is 21.7 Å². The number of ketones is 1. The molecule has 2 unspecified atom stereocenters. The minimum Gasteiger partial charge on any atom is -0.382 e. The molecule has 4 heteroatoms. The van der Waals surface area contributed by atoms with Crippen LogP contribution in [0.2, 0.25) is 0 Å². The number of hydrogen-bond acceptors (Lipinski definition) is 3. The molecule has 1 fully saturated rings. The monoisotopic (exact) mass is 326 g/mol. The van der Waals surface area contributed by atoms with Gasteiger partial charge < -0.3 is 9.47 Å². The Kier molecular flexibility index (Phi) is 5.55. The van der Waals surface area contributed by atoms with Crippen LogP contribution in [0.15, 0.2) is 28.7 Å². The third-order valence-electron chi connectivity index (χ3n) is 3.53. The van der Waals surface area contributed by atoms with Gasteiger partial charge in [0.2, 0.25) is 0 Å². The Morgan fingerprint density at radius 2 is 2.00 bits per heavy atom. The quantitative estimate of drug-likeness (QED) is 0.593. The maximum absolute atomic E-state index is 12.3. The van der Waals surface area contributed by atoms with Crippen LogP contribution in [0.25, 0.3) is 0 Å². The fourth-order valence-electron chi connectivity index (χ4n) is 2.48. The summed E-state index contributed by atoms with van der Waals surface area (Å²) in [4.78, 5) is 12.3. The van der Waals surface area contributed by atoms with Gasteiger partial charge in [0.1, 0.15) is 0 Å². The first kappa shape index (κ1) is 14.7. The fourth-order valence-corrected chi connectivity index (χ4v) is 2.74. The van der Waals surface area contributed by atoms with Gasteiger partial charge >= 0.3 is 0 Å². The summed E-state index contributed by atoms with van der Waals surface area (Å²) in [6.07, 6.45) is 2.93. The summed E-state index contributed by atoms with van der Waals surface area (Å²) in [5.41, 5.74) is 0.797. The van der Waals surface area contributed by atoms with E-state index in [1.807, 2.05) is 24.3 Å². The van der Waals surface area contributed by atoms with Gasteiger partial charge in [-0.3, -0.25) is 4.79 Å². The Morgan fingerprint density at radius 3 is 2.68 bits per heavy atom. The summed E-state index contributed by atoms with van der Waals surface area (Å²) in [7, 11) is 1.66. The Bertz CT molecular complexity index is 416. The lowest BCUT2D eigenvalue weighted by atomic mass is 9.96. The van der Waals surface area contributed by atoms with Gasteiger partial charge in [0.15, 0.2) is 5.78 Å². The summed E-state index contributed by atoms with van der Waals surface area (Å²) < 4.78 is 11.7. The van der Waals surface area contributed by atoms with Crippen molar-refractivity contribution < 1.29 is 14.3 Å². The number of methoxy groups -OCH3 is 1. The molecule has 1 aromatic carbocycles. The van der Waals surface area contributed by atoms with Crippen LogP contribution in [0.1, 0.15) is 29.6 Å². The van der Waals surface area contributed by atoms with Crippen molar-refractivity contribution in [1.29, 1.82) is 0 Å². The Balaban J connectivity index is 1.86. The van der Waals surface area contributed by atoms with Gasteiger partial charge in [-0.1, -0.05) is 28.1 Å². The molecular formula is C15H19BrO3. The summed E-state index contributed by atoms with van der Waals surface area (Å²) in [6, 6.07) is 7.58. The fraction of sp³-hybridized carbons (Fsp3) is 0.533. The van der Waals surface area contributed by atoms with E-state index in [1.165, 1.54) is 0 Å². The van der Waals surface area contributed by atoms with Crippen LogP contribution in [0.5, 0.6) is 0 Å². The summed E-state index contributed by atoms with van der Waals surface area (Å²) in [5, 5.41) is 0. The van der Waals surface area contributed by atoms with Crippen LogP contribution < -0.4 is 0 Å². The Labute approximate surface area is 122 Å². The van der Waals surface area contributed by atoms with E-state index in [9.17, 15) is 4.79 Å². The van der Waals surface area contributed by atoms with Crippen molar-refractivity contribution in [2.75, 3.05) is 20.3 Å². The summed E-state index contributed by atoms with van der Waals surface area (Å²) in [5.74, 6) is 0.346. The number of hydrogen-bond donors (Lipinski definition) is 0. The van der Waals surface area contributed by atoms with Crippen LogP contribution in [-0.2, 0) is 9.47 Å². The number of carbonyl (C=O) groups excluding carboxylic acids is 1. The molecule has 1 aromatic rings. The molecule has 0 N–H and O–H groups in total. The van der Waals surface area contributed by atoms with Gasteiger partial charge in [-0.2, -0.15) is 0 Å². The van der Waals surface area contributed by atoms with Crippen LogP contribution in [0, 0.1) is 5.92 Å². The number of carbonyl (C=O) groups is 1. The topological polar surface area (TPSA) is 35.5 Å². The second kappa shape index (κ2) is 7.17. The van der Waals surface area contributed by atoms with Gasteiger partial charge in [-0.05, 0) is 31.4 Å². The van der Waals surface area contributed by atoms with Gasteiger partial charge in [0.25, 0.3) is 0 Å². The van der Waals surface area contributed by atoms with Crippen molar-refractivity contribution in [1.82, 2.24) is 0 Å². The number of rotatable bonds is 6. The van der Waals surface area contributed by atoms with E-state index in [0.29, 0.717) is 13.2 Å². The predicted octanol–water partition coefficient (Wildman–Crippen LogP) is 3.46. The molecule has 1 aliphatic carbocycles. The van der Waals surface area contributed by atoms with Gasteiger partial charge in [0.05, 0.1) is 19.3 Å². The zero-order valence-electron chi connectivity index (χ0n) is 11.1. The highest BCUT2D eigenvalue weighted by Gasteiger charge is 2.30. The second-order valence-electron chi connectivity index (χ2n) is 4.87. The molecule has 1 saturated carbocycles. The van der Waals surface area contributed by atoms with Crippen molar-refractivity contribution in [3.8, 4) is 0 Å². The van der Waals surface area contributed by atoms with Gasteiger partial charge in [-0.15, -0.1) is 0 Å². The molecule has 0 aliphatic heterocycles. The SMILES string of the molecule is COCCOC1CCC(C(=O)c2ccc(Br)cc2)C1. The maximum Gasteiger partial charge on any atom is 0.166 e. The van der Waals surface area contributed by atoms with Gasteiger partial charge in [0, 0.05) is 23.1 Å². The molecule has 1 aliphatic rings. The van der Waals surface area contributed by atoms with Crippen LogP contribution in [0.4, 0.5) is 0 Å². The van der Waals surface area contributed by atoms with Crippen molar-refractivity contribution in [2.24, 2.45) is 5.92 Å². The molecule has 0 amide bonds. The molecule has 0 spiro atoms. The molecular weight excluding hydrogens is 308 g/mol. The molecule has 2 rings (SSSR count). The molecule has 104 valence electrons. The van der Waals surface area contributed by atoms with Crippen molar-refractivity contribution in [2.45, 2.75) is 25.4 Å². The predicted molar refractivity (Wildman–Crippen MR) is 77.4 cm³/mol. The molecule has 3 nitrogen and oxygen atoms in total. The lowest BCUT2D eigenvalue weighted by Gasteiger charge is -2.12. The van der Waals surface area contributed by atoms with Crippen LogP contribution in [-0.4, -0.2) is 32.2 Å². The highest BCUT2D eigenvalue weighted by atomic mass is 79.9. The van der Waals surface area contributed by atoms with E-state index in [0.717, 1.165) is 29.3 Å². The zero-order chi connectivity index (χ0) is 13.7. The average molecular weight is 327 g/mol. The summed E-state index contributed by atoms with van der Waals surface area (Å²) >= 11 is 3.38. The lowest BCUT2D eigenvalue weighted by molar-refractivity contribution is 0.0192. The second-order valence-corrected chi connectivity index (χ2v) is 5.78. The molecule has 0 radical (unpaired) electrons. The number of ether oxygens (including phenoxy) is 2. The van der Waals surface area contributed by atoms with E-state index >= 15 is 0 Å². The molecule has 0 heterocycles. The summed E-state index contributed by atoms with van der Waals surface area (Å²) in [6.45, 7) is 1.22. The van der Waals surface area contributed by atoms with E-state index in [-0.39, 0.29) is 17.8 Å². The third kappa shape index (κ3) is 4.13. The highest BCUT2D eigenvalue weighted by molar-refractivity contribution is 9.10. The minimum absolute atomic E-state index is 0.105. The zero-order valence-corrected chi connectivity index (χ0v) is 12.7. The largest absolute Gasteiger partial charge is 0.382 e.